The molecule has 1 unspecified atom stereocenters. The molecule has 1 atom stereocenters. The Hall–Kier alpha value is -1.39. The molecule has 1 amide bonds. The SMILES string of the molecule is Cc1ccc(C(N)C(=O)N2CCN(C3CC3)CC2)cc1. The summed E-state index contributed by atoms with van der Waals surface area (Å²) in [6.07, 6.45) is 2.66. The quantitative estimate of drug-likeness (QED) is 0.903. The van der Waals surface area contributed by atoms with Gasteiger partial charge in [0.15, 0.2) is 0 Å². The molecule has 0 spiro atoms. The van der Waals surface area contributed by atoms with Gasteiger partial charge < -0.3 is 10.6 Å². The van der Waals surface area contributed by atoms with Gasteiger partial charge in [0.1, 0.15) is 6.04 Å². The standard InChI is InChI=1S/C16H23N3O/c1-12-2-4-13(5-3-12)15(17)16(20)19-10-8-18(9-11-19)14-6-7-14/h2-5,14-15H,6-11,17H2,1H3. The first-order chi connectivity index (χ1) is 9.65. The van der Waals surface area contributed by atoms with E-state index in [-0.39, 0.29) is 5.91 Å². The number of nitrogens with zero attached hydrogens (tertiary/aromatic N) is 2. The van der Waals surface area contributed by atoms with Crippen LogP contribution in [0.25, 0.3) is 0 Å². The van der Waals surface area contributed by atoms with E-state index in [2.05, 4.69) is 4.90 Å². The normalized spacial score (nSPS) is 21.8. The second-order valence-corrected chi connectivity index (χ2v) is 5.98. The summed E-state index contributed by atoms with van der Waals surface area (Å²) < 4.78 is 0. The van der Waals surface area contributed by atoms with Crippen LogP contribution in [0.2, 0.25) is 0 Å². The van der Waals surface area contributed by atoms with Gasteiger partial charge in [-0.3, -0.25) is 9.69 Å². The molecule has 0 radical (unpaired) electrons. The maximum atomic E-state index is 12.5. The Morgan fingerprint density at radius 1 is 1.15 bits per heavy atom. The summed E-state index contributed by atoms with van der Waals surface area (Å²) >= 11 is 0. The second kappa shape index (κ2) is 5.54. The van der Waals surface area contributed by atoms with Crippen molar-refractivity contribution in [2.75, 3.05) is 26.2 Å². The molecule has 2 N–H and O–H groups in total. The fraction of sp³-hybridized carbons (Fsp3) is 0.562. The fourth-order valence-electron chi connectivity index (χ4n) is 2.86. The van der Waals surface area contributed by atoms with Crippen molar-refractivity contribution in [3.05, 3.63) is 35.4 Å². The molecule has 3 rings (SSSR count). The lowest BCUT2D eigenvalue weighted by molar-refractivity contribution is -0.134. The molecule has 1 aliphatic carbocycles. The number of hydrogen-bond acceptors (Lipinski definition) is 3. The molecule has 2 aliphatic rings. The molecule has 0 aromatic heterocycles. The zero-order valence-corrected chi connectivity index (χ0v) is 12.1. The average Bonchev–Trinajstić information content (AvgIpc) is 3.31. The van der Waals surface area contributed by atoms with Crippen LogP contribution in [0.3, 0.4) is 0 Å². The van der Waals surface area contributed by atoms with Crippen molar-refractivity contribution >= 4 is 5.91 Å². The Balaban J connectivity index is 1.59. The fourth-order valence-corrected chi connectivity index (χ4v) is 2.86. The highest BCUT2D eigenvalue weighted by Crippen LogP contribution is 2.27. The van der Waals surface area contributed by atoms with Crippen LogP contribution in [0.4, 0.5) is 0 Å². The third-order valence-corrected chi connectivity index (χ3v) is 4.39. The largest absolute Gasteiger partial charge is 0.338 e. The zero-order chi connectivity index (χ0) is 14.1. The minimum atomic E-state index is -0.525. The molecule has 1 heterocycles. The zero-order valence-electron chi connectivity index (χ0n) is 12.1. The maximum Gasteiger partial charge on any atom is 0.244 e. The van der Waals surface area contributed by atoms with E-state index in [1.807, 2.05) is 36.1 Å². The van der Waals surface area contributed by atoms with E-state index in [9.17, 15) is 4.79 Å². The van der Waals surface area contributed by atoms with Crippen LogP contribution < -0.4 is 5.73 Å². The van der Waals surface area contributed by atoms with E-state index in [0.29, 0.717) is 0 Å². The molecule has 1 aromatic carbocycles. The topological polar surface area (TPSA) is 49.6 Å². The van der Waals surface area contributed by atoms with Crippen LogP contribution >= 0.6 is 0 Å². The van der Waals surface area contributed by atoms with Gasteiger partial charge in [-0.05, 0) is 25.3 Å². The Morgan fingerprint density at radius 3 is 2.30 bits per heavy atom. The summed E-state index contributed by atoms with van der Waals surface area (Å²) in [5.41, 5.74) is 8.22. The van der Waals surface area contributed by atoms with Crippen LogP contribution in [-0.2, 0) is 4.79 Å². The van der Waals surface area contributed by atoms with Crippen LogP contribution in [-0.4, -0.2) is 47.9 Å². The summed E-state index contributed by atoms with van der Waals surface area (Å²) in [7, 11) is 0. The first-order valence-corrected chi connectivity index (χ1v) is 7.50. The number of benzene rings is 1. The molecule has 1 saturated carbocycles. The van der Waals surface area contributed by atoms with Crippen LogP contribution in [0.5, 0.6) is 0 Å². The van der Waals surface area contributed by atoms with E-state index in [1.54, 1.807) is 0 Å². The maximum absolute atomic E-state index is 12.5. The lowest BCUT2D eigenvalue weighted by Crippen LogP contribution is -2.51. The Kier molecular flexibility index (Phi) is 3.76. The lowest BCUT2D eigenvalue weighted by atomic mass is 10.0. The van der Waals surface area contributed by atoms with E-state index in [0.717, 1.165) is 37.8 Å². The minimum Gasteiger partial charge on any atom is -0.338 e. The van der Waals surface area contributed by atoms with E-state index < -0.39 is 6.04 Å². The molecule has 1 aromatic rings. The summed E-state index contributed by atoms with van der Waals surface area (Å²) in [6, 6.07) is 8.19. The Labute approximate surface area is 120 Å². The number of aryl methyl sites for hydroxylation is 1. The average molecular weight is 273 g/mol. The molecule has 2 fully saturated rings. The van der Waals surface area contributed by atoms with Gasteiger partial charge >= 0.3 is 0 Å². The third kappa shape index (κ3) is 2.86. The molecule has 4 nitrogen and oxygen atoms in total. The van der Waals surface area contributed by atoms with Crippen LogP contribution in [0, 0.1) is 6.92 Å². The predicted octanol–water partition coefficient (Wildman–Crippen LogP) is 1.30. The van der Waals surface area contributed by atoms with Gasteiger partial charge in [-0.1, -0.05) is 29.8 Å². The number of carbonyl (C=O) groups excluding carboxylic acids is 1. The molecule has 4 heteroatoms. The molecule has 1 aliphatic heterocycles. The van der Waals surface area contributed by atoms with Gasteiger partial charge in [-0.15, -0.1) is 0 Å². The van der Waals surface area contributed by atoms with Gasteiger partial charge in [0, 0.05) is 32.2 Å². The number of nitrogens with two attached hydrogens (primary N) is 1. The smallest absolute Gasteiger partial charge is 0.244 e. The Bertz CT molecular complexity index is 473. The molecule has 20 heavy (non-hydrogen) atoms. The molecule has 1 saturated heterocycles. The summed E-state index contributed by atoms with van der Waals surface area (Å²) in [5.74, 6) is 0.0595. The summed E-state index contributed by atoms with van der Waals surface area (Å²) in [6.45, 7) is 5.66. The van der Waals surface area contributed by atoms with Crippen molar-refractivity contribution in [3.8, 4) is 0 Å². The highest BCUT2D eigenvalue weighted by molar-refractivity contribution is 5.83. The van der Waals surface area contributed by atoms with Gasteiger partial charge in [-0.2, -0.15) is 0 Å². The van der Waals surface area contributed by atoms with Crippen LogP contribution in [0.15, 0.2) is 24.3 Å². The molecular weight excluding hydrogens is 250 g/mol. The van der Waals surface area contributed by atoms with Crippen molar-refractivity contribution in [1.82, 2.24) is 9.80 Å². The van der Waals surface area contributed by atoms with Crippen molar-refractivity contribution in [1.29, 1.82) is 0 Å². The van der Waals surface area contributed by atoms with E-state index in [1.165, 1.54) is 18.4 Å². The number of hydrogen-bond donors (Lipinski definition) is 1. The third-order valence-electron chi connectivity index (χ3n) is 4.39. The van der Waals surface area contributed by atoms with Gasteiger partial charge in [0.25, 0.3) is 0 Å². The van der Waals surface area contributed by atoms with Crippen molar-refractivity contribution in [3.63, 3.8) is 0 Å². The first-order valence-electron chi connectivity index (χ1n) is 7.50. The van der Waals surface area contributed by atoms with Crippen LogP contribution in [0.1, 0.15) is 30.0 Å². The number of rotatable bonds is 3. The number of carbonyl (C=O) groups is 1. The molecular formula is C16H23N3O. The second-order valence-electron chi connectivity index (χ2n) is 5.98. The molecule has 108 valence electrons. The monoisotopic (exact) mass is 273 g/mol. The van der Waals surface area contributed by atoms with Gasteiger partial charge in [0.2, 0.25) is 5.91 Å². The minimum absolute atomic E-state index is 0.0595. The van der Waals surface area contributed by atoms with Gasteiger partial charge in [0.05, 0.1) is 0 Å². The predicted molar refractivity (Wildman–Crippen MR) is 79.3 cm³/mol. The van der Waals surface area contributed by atoms with Crippen molar-refractivity contribution in [2.45, 2.75) is 31.8 Å². The lowest BCUT2D eigenvalue weighted by Gasteiger charge is -2.36. The Morgan fingerprint density at radius 2 is 1.75 bits per heavy atom. The van der Waals surface area contributed by atoms with Gasteiger partial charge in [-0.25, -0.2) is 0 Å². The van der Waals surface area contributed by atoms with E-state index in [4.69, 9.17) is 5.73 Å². The van der Waals surface area contributed by atoms with Crippen molar-refractivity contribution in [2.24, 2.45) is 5.73 Å². The number of amides is 1. The summed E-state index contributed by atoms with van der Waals surface area (Å²) in [5, 5.41) is 0. The highest BCUT2D eigenvalue weighted by Gasteiger charge is 2.33. The van der Waals surface area contributed by atoms with Crippen molar-refractivity contribution < 1.29 is 4.79 Å². The van der Waals surface area contributed by atoms with E-state index >= 15 is 0 Å². The molecule has 0 bridgehead atoms. The highest BCUT2D eigenvalue weighted by atomic mass is 16.2. The first kappa shape index (κ1) is 13.6. The number of piperazine rings is 1. The summed E-state index contributed by atoms with van der Waals surface area (Å²) in [4.78, 5) is 16.9.